The van der Waals surface area contributed by atoms with Gasteiger partial charge in [-0.3, -0.25) is 0 Å². The first kappa shape index (κ1) is 26.5. The summed E-state index contributed by atoms with van der Waals surface area (Å²) in [6.07, 6.45) is 3.40. The van der Waals surface area contributed by atoms with Crippen LogP contribution in [0.1, 0.15) is 74.1 Å². The molecule has 32 heavy (non-hydrogen) atoms. The van der Waals surface area contributed by atoms with Gasteiger partial charge >= 0.3 is 13.2 Å². The van der Waals surface area contributed by atoms with E-state index in [2.05, 4.69) is 0 Å². The molecule has 0 N–H and O–H groups in total. The lowest BCUT2D eigenvalue weighted by atomic mass is 9.78. The van der Waals surface area contributed by atoms with Crippen LogP contribution in [0.2, 0.25) is 0 Å². The Morgan fingerprint density at radius 3 is 2.22 bits per heavy atom. The number of benzene rings is 1. The molecule has 0 atom stereocenters. The number of hydrogen-bond donors (Lipinski definition) is 0. The zero-order chi connectivity index (χ0) is 24.2. The summed E-state index contributed by atoms with van der Waals surface area (Å²) >= 11 is 0. The number of nitrogens with zero attached hydrogens (tertiary/aromatic N) is 1. The van der Waals surface area contributed by atoms with Gasteiger partial charge in [0.15, 0.2) is 0 Å². The molecule has 1 fully saturated rings. The topological polar surface area (TPSA) is 57.2 Å². The molecule has 0 aliphatic carbocycles. The molecule has 0 unspecified atom stereocenters. The summed E-state index contributed by atoms with van der Waals surface area (Å²) in [5.41, 5.74) is -1.13. The molecule has 6 nitrogen and oxygen atoms in total. The van der Waals surface area contributed by atoms with E-state index in [9.17, 15) is 9.18 Å². The first-order chi connectivity index (χ1) is 14.7. The van der Waals surface area contributed by atoms with E-state index in [1.807, 2.05) is 48.5 Å². The summed E-state index contributed by atoms with van der Waals surface area (Å²) in [6, 6.07) is 4.80. The van der Waals surface area contributed by atoms with Gasteiger partial charge in [0.2, 0.25) is 0 Å². The molecule has 1 aliphatic heterocycles. The minimum absolute atomic E-state index is 0.299. The SMILES string of the molecule is CN(CCCCCCOc1ccc(B2OC(C)(C)C(C)(C)O2)c(F)c1)C(=O)OC(C)(C)C. The fraction of sp³-hybridized carbons (Fsp3) is 0.708. The summed E-state index contributed by atoms with van der Waals surface area (Å²) in [4.78, 5) is 13.5. The molecule has 1 amide bonds. The highest BCUT2D eigenvalue weighted by Crippen LogP contribution is 2.36. The van der Waals surface area contributed by atoms with Gasteiger partial charge < -0.3 is 23.7 Å². The van der Waals surface area contributed by atoms with Crippen LogP contribution in [-0.4, -0.2) is 55.1 Å². The van der Waals surface area contributed by atoms with E-state index >= 15 is 0 Å². The third-order valence-corrected chi connectivity index (χ3v) is 5.84. The van der Waals surface area contributed by atoms with E-state index in [-0.39, 0.29) is 6.09 Å². The molecule has 0 bridgehead atoms. The van der Waals surface area contributed by atoms with Crippen molar-refractivity contribution >= 4 is 18.7 Å². The lowest BCUT2D eigenvalue weighted by molar-refractivity contribution is 0.00578. The Kier molecular flexibility index (Phi) is 8.62. The molecule has 2 rings (SSSR count). The maximum atomic E-state index is 14.6. The number of carbonyl (C=O) groups is 1. The zero-order valence-electron chi connectivity index (χ0n) is 20.9. The van der Waals surface area contributed by atoms with Gasteiger partial charge in [-0.05, 0) is 67.4 Å². The quantitative estimate of drug-likeness (QED) is 0.394. The molecule has 1 aromatic carbocycles. The molecule has 8 heteroatoms. The van der Waals surface area contributed by atoms with Crippen LogP contribution in [0.3, 0.4) is 0 Å². The van der Waals surface area contributed by atoms with Gasteiger partial charge in [0, 0.05) is 25.1 Å². The standard InChI is InChI=1S/C24H39BFNO5/c1-22(2,3)30-21(28)27(8)15-11-9-10-12-16-29-18-13-14-19(20(26)17-18)25-31-23(4,5)24(6,7)32-25/h13-14,17H,9-12,15-16H2,1-8H3. The smallest absolute Gasteiger partial charge is 0.493 e. The molecule has 0 spiro atoms. The van der Waals surface area contributed by atoms with Gasteiger partial charge in [0.1, 0.15) is 17.2 Å². The van der Waals surface area contributed by atoms with Crippen molar-refractivity contribution in [2.45, 2.75) is 91.0 Å². The van der Waals surface area contributed by atoms with Crippen molar-refractivity contribution in [3.63, 3.8) is 0 Å². The van der Waals surface area contributed by atoms with Crippen molar-refractivity contribution in [1.29, 1.82) is 0 Å². The Hall–Kier alpha value is -1.80. The van der Waals surface area contributed by atoms with Crippen LogP contribution in [0.4, 0.5) is 9.18 Å². The average molecular weight is 451 g/mol. The maximum Gasteiger partial charge on any atom is 0.497 e. The monoisotopic (exact) mass is 451 g/mol. The molecule has 1 saturated heterocycles. The molecule has 1 aromatic rings. The minimum Gasteiger partial charge on any atom is -0.493 e. The van der Waals surface area contributed by atoms with Gasteiger partial charge in [0.25, 0.3) is 0 Å². The van der Waals surface area contributed by atoms with Crippen molar-refractivity contribution in [2.24, 2.45) is 0 Å². The second-order valence-electron chi connectivity index (χ2n) is 10.4. The van der Waals surface area contributed by atoms with Crippen molar-refractivity contribution in [2.75, 3.05) is 20.2 Å². The van der Waals surface area contributed by atoms with E-state index in [1.165, 1.54) is 6.07 Å². The minimum atomic E-state index is -0.729. The van der Waals surface area contributed by atoms with E-state index in [1.54, 1.807) is 24.1 Å². The molecule has 0 radical (unpaired) electrons. The number of hydrogen-bond acceptors (Lipinski definition) is 5. The van der Waals surface area contributed by atoms with E-state index in [0.29, 0.717) is 24.4 Å². The van der Waals surface area contributed by atoms with Crippen LogP contribution >= 0.6 is 0 Å². The Bertz CT molecular complexity index is 762. The van der Waals surface area contributed by atoms with Crippen LogP contribution < -0.4 is 10.2 Å². The Morgan fingerprint density at radius 2 is 1.66 bits per heavy atom. The Morgan fingerprint density at radius 1 is 1.06 bits per heavy atom. The van der Waals surface area contributed by atoms with Crippen molar-refractivity contribution in [3.05, 3.63) is 24.0 Å². The fourth-order valence-electron chi connectivity index (χ4n) is 3.18. The van der Waals surface area contributed by atoms with E-state index in [0.717, 1.165) is 25.7 Å². The summed E-state index contributed by atoms with van der Waals surface area (Å²) < 4.78 is 37.5. The maximum absolute atomic E-state index is 14.6. The number of ether oxygens (including phenoxy) is 2. The summed E-state index contributed by atoms with van der Waals surface area (Å²) in [5.74, 6) is 0.0959. The second-order valence-corrected chi connectivity index (χ2v) is 10.4. The highest BCUT2D eigenvalue weighted by molar-refractivity contribution is 6.62. The Balaban J connectivity index is 1.68. The third kappa shape index (κ3) is 7.37. The molecule has 1 heterocycles. The van der Waals surface area contributed by atoms with Crippen LogP contribution in [0.25, 0.3) is 0 Å². The second kappa shape index (κ2) is 10.4. The number of rotatable bonds is 9. The summed E-state index contributed by atoms with van der Waals surface area (Å²) in [6.45, 7) is 14.5. The van der Waals surface area contributed by atoms with Crippen molar-refractivity contribution < 1.29 is 28.0 Å². The van der Waals surface area contributed by atoms with Gasteiger partial charge in [-0.1, -0.05) is 18.9 Å². The van der Waals surface area contributed by atoms with E-state index in [4.69, 9.17) is 18.8 Å². The number of halogens is 1. The number of carbonyl (C=O) groups excluding carboxylic acids is 1. The van der Waals surface area contributed by atoms with Crippen LogP contribution in [0.5, 0.6) is 5.75 Å². The fourth-order valence-corrected chi connectivity index (χ4v) is 3.18. The van der Waals surface area contributed by atoms with Gasteiger partial charge in [0.05, 0.1) is 17.8 Å². The molecule has 180 valence electrons. The average Bonchev–Trinajstić information content (AvgIpc) is 2.86. The molecular weight excluding hydrogens is 412 g/mol. The highest BCUT2D eigenvalue weighted by atomic mass is 19.1. The van der Waals surface area contributed by atoms with Crippen molar-refractivity contribution in [1.82, 2.24) is 4.90 Å². The third-order valence-electron chi connectivity index (χ3n) is 5.84. The molecule has 1 aliphatic rings. The van der Waals surface area contributed by atoms with Crippen LogP contribution in [0, 0.1) is 5.82 Å². The lowest BCUT2D eigenvalue weighted by Crippen LogP contribution is -2.41. The number of unbranched alkanes of at least 4 members (excludes halogenated alkanes) is 3. The summed E-state index contributed by atoms with van der Waals surface area (Å²) in [7, 11) is 1.02. The van der Waals surface area contributed by atoms with Crippen molar-refractivity contribution in [3.8, 4) is 5.75 Å². The van der Waals surface area contributed by atoms with Gasteiger partial charge in [-0.2, -0.15) is 0 Å². The first-order valence-corrected chi connectivity index (χ1v) is 11.4. The molecule has 0 saturated carbocycles. The summed E-state index contributed by atoms with van der Waals surface area (Å²) in [5, 5.41) is 0. The van der Waals surface area contributed by atoms with Crippen LogP contribution in [0.15, 0.2) is 18.2 Å². The Labute approximate surface area is 192 Å². The predicted octanol–water partition coefficient (Wildman–Crippen LogP) is 4.93. The number of amides is 1. The first-order valence-electron chi connectivity index (χ1n) is 11.4. The highest BCUT2D eigenvalue weighted by Gasteiger charge is 2.52. The lowest BCUT2D eigenvalue weighted by Gasteiger charge is -2.32. The largest absolute Gasteiger partial charge is 0.497 e. The zero-order valence-corrected chi connectivity index (χ0v) is 20.9. The molecule has 0 aromatic heterocycles. The molecular formula is C24H39BFNO5. The normalized spacial score (nSPS) is 17.3. The van der Waals surface area contributed by atoms with Crippen LogP contribution in [-0.2, 0) is 14.0 Å². The van der Waals surface area contributed by atoms with E-state index < -0.39 is 29.7 Å². The van der Waals surface area contributed by atoms with Gasteiger partial charge in [-0.25, -0.2) is 9.18 Å². The van der Waals surface area contributed by atoms with Gasteiger partial charge in [-0.15, -0.1) is 0 Å². The predicted molar refractivity (Wildman–Crippen MR) is 125 cm³/mol.